The van der Waals surface area contributed by atoms with E-state index in [1.54, 1.807) is 11.3 Å². The predicted octanol–water partition coefficient (Wildman–Crippen LogP) is 2.04. The van der Waals surface area contributed by atoms with Gasteiger partial charge in [0.15, 0.2) is 5.96 Å². The first kappa shape index (κ1) is 12.9. The average Bonchev–Trinajstić information content (AvgIpc) is 3.11. The van der Waals surface area contributed by atoms with Crippen molar-refractivity contribution in [2.45, 2.75) is 51.0 Å². The molecule has 2 aliphatic heterocycles. The zero-order valence-electron chi connectivity index (χ0n) is 11.5. The molecular weight excluding hydrogens is 258 g/mol. The average molecular weight is 279 g/mol. The highest BCUT2D eigenvalue weighted by Crippen LogP contribution is 2.34. The molecule has 1 aromatic heterocycles. The van der Waals surface area contributed by atoms with E-state index < -0.39 is 0 Å². The van der Waals surface area contributed by atoms with E-state index in [9.17, 15) is 0 Å². The number of rotatable bonds is 3. The van der Waals surface area contributed by atoms with E-state index in [4.69, 9.17) is 4.74 Å². The van der Waals surface area contributed by atoms with Gasteiger partial charge in [0.05, 0.1) is 24.8 Å². The second-order valence-corrected chi connectivity index (χ2v) is 6.31. The minimum absolute atomic E-state index is 0.382. The van der Waals surface area contributed by atoms with Crippen LogP contribution in [0.5, 0.6) is 0 Å². The summed E-state index contributed by atoms with van der Waals surface area (Å²) in [6, 6.07) is 2.58. The van der Waals surface area contributed by atoms with Crippen molar-refractivity contribution in [3.63, 3.8) is 0 Å². The zero-order chi connectivity index (χ0) is 13.2. The van der Waals surface area contributed by atoms with Crippen LogP contribution in [-0.2, 0) is 11.3 Å². The molecule has 4 nitrogen and oxygen atoms in total. The van der Waals surface area contributed by atoms with E-state index in [1.807, 2.05) is 7.05 Å². The molecule has 2 fully saturated rings. The second kappa shape index (κ2) is 5.51. The van der Waals surface area contributed by atoms with Crippen LogP contribution in [0.25, 0.3) is 0 Å². The first-order valence-corrected chi connectivity index (χ1v) is 7.80. The third kappa shape index (κ3) is 2.77. The molecule has 1 aromatic rings. The van der Waals surface area contributed by atoms with E-state index in [0.717, 1.165) is 18.9 Å². The molecule has 0 spiro atoms. The minimum Gasteiger partial charge on any atom is -0.373 e. The Hall–Kier alpha value is -1.07. The summed E-state index contributed by atoms with van der Waals surface area (Å²) in [6.07, 6.45) is 4.38. The Morgan fingerprint density at radius 1 is 1.53 bits per heavy atom. The molecule has 0 amide bonds. The molecule has 19 heavy (non-hydrogen) atoms. The van der Waals surface area contributed by atoms with E-state index in [0.29, 0.717) is 18.2 Å². The topological polar surface area (TPSA) is 45.7 Å². The minimum atomic E-state index is 0.382. The van der Waals surface area contributed by atoms with Crippen molar-refractivity contribution in [2.24, 2.45) is 4.99 Å². The van der Waals surface area contributed by atoms with Gasteiger partial charge in [0.25, 0.3) is 0 Å². The molecule has 5 heteroatoms. The highest BCUT2D eigenvalue weighted by Gasteiger charge is 2.41. The van der Waals surface area contributed by atoms with Gasteiger partial charge in [0.1, 0.15) is 0 Å². The summed E-state index contributed by atoms with van der Waals surface area (Å²) in [6.45, 7) is 2.98. The lowest BCUT2D eigenvalue weighted by atomic mass is 9.96. The highest BCUT2D eigenvalue weighted by molar-refractivity contribution is 7.10. The van der Waals surface area contributed by atoms with Crippen LogP contribution in [0, 0.1) is 6.92 Å². The molecule has 2 aliphatic rings. The van der Waals surface area contributed by atoms with Gasteiger partial charge in [-0.2, -0.15) is 0 Å². The number of thiophene rings is 1. The Morgan fingerprint density at radius 2 is 2.42 bits per heavy atom. The van der Waals surface area contributed by atoms with Crippen molar-refractivity contribution in [1.82, 2.24) is 10.6 Å². The summed E-state index contributed by atoms with van der Waals surface area (Å²) < 4.78 is 5.86. The molecule has 0 aromatic carbocycles. The third-order valence-corrected chi connectivity index (χ3v) is 5.06. The summed E-state index contributed by atoms with van der Waals surface area (Å²) in [5.41, 5.74) is 1.34. The number of hydrogen-bond acceptors (Lipinski definition) is 3. The molecule has 3 heterocycles. The van der Waals surface area contributed by atoms with E-state index in [2.05, 4.69) is 34.0 Å². The lowest BCUT2D eigenvalue weighted by molar-refractivity contribution is 0.0992. The summed E-state index contributed by atoms with van der Waals surface area (Å²) in [5, 5.41) is 9.02. The van der Waals surface area contributed by atoms with Crippen LogP contribution in [0.2, 0.25) is 0 Å². The van der Waals surface area contributed by atoms with E-state index in [-0.39, 0.29) is 0 Å². The number of hydrogen-bond donors (Lipinski definition) is 2. The fourth-order valence-electron chi connectivity index (χ4n) is 2.91. The van der Waals surface area contributed by atoms with Gasteiger partial charge in [-0.05, 0) is 43.2 Å². The van der Waals surface area contributed by atoms with Gasteiger partial charge in [-0.1, -0.05) is 0 Å². The number of nitrogens with zero attached hydrogens (tertiary/aromatic N) is 1. The maximum absolute atomic E-state index is 5.86. The molecule has 3 unspecified atom stereocenters. The standard InChI is InChI=1S/C14H21N3OS/c1-9-5-6-19-13(9)8-16-14(15-2)17-11-7-10-3-4-12(11)18-10/h5-6,10-12H,3-4,7-8H2,1-2H3,(H2,15,16,17). The maximum atomic E-state index is 5.86. The van der Waals surface area contributed by atoms with Gasteiger partial charge in [-0.15, -0.1) is 11.3 Å². The summed E-state index contributed by atoms with van der Waals surface area (Å²) >= 11 is 1.79. The SMILES string of the molecule is CN=C(NCc1sccc1C)NC1CC2CCC1O2. The Kier molecular flexibility index (Phi) is 3.75. The third-order valence-electron chi connectivity index (χ3n) is 4.04. The van der Waals surface area contributed by atoms with Crippen LogP contribution in [0.4, 0.5) is 0 Å². The van der Waals surface area contributed by atoms with Crippen molar-refractivity contribution in [2.75, 3.05) is 7.05 Å². The molecule has 2 saturated heterocycles. The smallest absolute Gasteiger partial charge is 0.191 e. The van der Waals surface area contributed by atoms with Crippen LogP contribution < -0.4 is 10.6 Å². The Labute approximate surface area is 118 Å². The molecule has 0 aliphatic carbocycles. The summed E-state index contributed by atoms with van der Waals surface area (Å²) in [4.78, 5) is 5.68. The number of fused-ring (bicyclic) bond motifs is 2. The number of ether oxygens (including phenoxy) is 1. The predicted molar refractivity (Wildman–Crippen MR) is 78.7 cm³/mol. The van der Waals surface area contributed by atoms with Crippen LogP contribution >= 0.6 is 11.3 Å². The van der Waals surface area contributed by atoms with Crippen LogP contribution in [0.15, 0.2) is 16.4 Å². The maximum Gasteiger partial charge on any atom is 0.191 e. The first-order valence-electron chi connectivity index (χ1n) is 6.92. The molecule has 2 bridgehead atoms. The van der Waals surface area contributed by atoms with Gasteiger partial charge in [-0.25, -0.2) is 0 Å². The Bertz CT molecular complexity index is 471. The fraction of sp³-hybridized carbons (Fsp3) is 0.643. The molecule has 104 valence electrons. The zero-order valence-corrected chi connectivity index (χ0v) is 12.3. The Balaban J connectivity index is 1.53. The lowest BCUT2D eigenvalue weighted by Crippen LogP contribution is -2.47. The van der Waals surface area contributed by atoms with Crippen molar-refractivity contribution in [3.05, 3.63) is 21.9 Å². The monoisotopic (exact) mass is 279 g/mol. The normalized spacial score (nSPS) is 29.8. The Morgan fingerprint density at radius 3 is 3.00 bits per heavy atom. The summed E-state index contributed by atoms with van der Waals surface area (Å²) in [7, 11) is 1.82. The highest BCUT2D eigenvalue weighted by atomic mass is 32.1. The first-order chi connectivity index (χ1) is 9.26. The van der Waals surface area contributed by atoms with Crippen molar-refractivity contribution >= 4 is 17.3 Å². The van der Waals surface area contributed by atoms with Crippen LogP contribution in [0.3, 0.4) is 0 Å². The van der Waals surface area contributed by atoms with Gasteiger partial charge >= 0.3 is 0 Å². The van der Waals surface area contributed by atoms with Crippen LogP contribution in [0.1, 0.15) is 29.7 Å². The summed E-state index contributed by atoms with van der Waals surface area (Å²) in [5.74, 6) is 0.883. The van der Waals surface area contributed by atoms with Crippen molar-refractivity contribution in [1.29, 1.82) is 0 Å². The fourth-order valence-corrected chi connectivity index (χ4v) is 3.76. The molecule has 3 rings (SSSR count). The number of nitrogens with one attached hydrogen (secondary N) is 2. The molecule has 3 atom stereocenters. The van der Waals surface area contributed by atoms with Gasteiger partial charge < -0.3 is 15.4 Å². The molecule has 0 radical (unpaired) electrons. The number of aliphatic imine (C=N–C) groups is 1. The second-order valence-electron chi connectivity index (χ2n) is 5.31. The van der Waals surface area contributed by atoms with E-state index in [1.165, 1.54) is 23.3 Å². The van der Waals surface area contributed by atoms with Gasteiger partial charge in [-0.3, -0.25) is 4.99 Å². The van der Waals surface area contributed by atoms with Gasteiger partial charge in [0, 0.05) is 11.9 Å². The number of guanidine groups is 1. The number of aryl methyl sites for hydroxylation is 1. The van der Waals surface area contributed by atoms with Crippen LogP contribution in [-0.4, -0.2) is 31.3 Å². The molecule has 0 saturated carbocycles. The molecular formula is C14H21N3OS. The van der Waals surface area contributed by atoms with E-state index >= 15 is 0 Å². The largest absolute Gasteiger partial charge is 0.373 e. The van der Waals surface area contributed by atoms with Crippen molar-refractivity contribution < 1.29 is 4.74 Å². The molecule has 2 N–H and O–H groups in total. The van der Waals surface area contributed by atoms with Crippen molar-refractivity contribution in [3.8, 4) is 0 Å². The lowest BCUT2D eigenvalue weighted by Gasteiger charge is -2.22. The van der Waals surface area contributed by atoms with Gasteiger partial charge in [0.2, 0.25) is 0 Å². The quantitative estimate of drug-likeness (QED) is 0.657.